The number of pyridine rings is 1. The topological polar surface area (TPSA) is 109 Å². The Labute approximate surface area is 180 Å². The Morgan fingerprint density at radius 2 is 1.74 bits per heavy atom. The van der Waals surface area contributed by atoms with Crippen molar-refractivity contribution in [1.29, 1.82) is 5.41 Å². The summed E-state index contributed by atoms with van der Waals surface area (Å²) in [5, 5.41) is 13.1. The number of rotatable bonds is 6. The second-order valence-corrected chi connectivity index (χ2v) is 7.10. The predicted molar refractivity (Wildman–Crippen MR) is 117 cm³/mol. The van der Waals surface area contributed by atoms with E-state index in [0.717, 1.165) is 22.5 Å². The fraction of sp³-hybridized carbons (Fsp3) is 0.217. The smallest absolute Gasteiger partial charge is 0.412 e. The van der Waals surface area contributed by atoms with E-state index >= 15 is 0 Å². The predicted octanol–water partition coefficient (Wildman–Crippen LogP) is 3.16. The van der Waals surface area contributed by atoms with Crippen LogP contribution in [0.5, 0.6) is 0 Å². The number of methoxy groups -OCH3 is 1. The van der Waals surface area contributed by atoms with Gasteiger partial charge in [0.25, 0.3) is 5.91 Å². The van der Waals surface area contributed by atoms with Crippen molar-refractivity contribution < 1.29 is 14.3 Å². The maximum absolute atomic E-state index is 12.8. The summed E-state index contributed by atoms with van der Waals surface area (Å²) in [6, 6.07) is 12.8. The van der Waals surface area contributed by atoms with E-state index in [9.17, 15) is 9.59 Å². The van der Waals surface area contributed by atoms with E-state index in [1.54, 1.807) is 36.7 Å². The molecule has 8 nitrogen and oxygen atoms in total. The number of hydrogen-bond acceptors (Lipinski definition) is 5. The van der Waals surface area contributed by atoms with Gasteiger partial charge in [-0.15, -0.1) is 0 Å². The lowest BCUT2D eigenvalue weighted by Gasteiger charge is -2.10. The van der Waals surface area contributed by atoms with Crippen LogP contribution in [0.25, 0.3) is 0 Å². The van der Waals surface area contributed by atoms with Crippen molar-refractivity contribution in [3.05, 3.63) is 88.5 Å². The van der Waals surface area contributed by atoms with Gasteiger partial charge in [0.15, 0.2) is 0 Å². The molecule has 3 rings (SSSR count). The van der Waals surface area contributed by atoms with E-state index in [1.807, 2.05) is 32.0 Å². The molecule has 8 heteroatoms. The molecule has 160 valence electrons. The first-order chi connectivity index (χ1) is 14.9. The van der Waals surface area contributed by atoms with Crippen LogP contribution in [0.4, 0.5) is 4.79 Å². The number of aryl methyl sites for hydroxylation is 1. The summed E-state index contributed by atoms with van der Waals surface area (Å²) < 4.78 is 6.59. The molecule has 0 radical (unpaired) electrons. The molecule has 0 aliphatic carbocycles. The molecule has 0 atom stereocenters. The molecule has 0 bridgehead atoms. The molecule has 3 aromatic rings. The summed E-state index contributed by atoms with van der Waals surface area (Å²) in [7, 11) is 1.24. The Hall–Kier alpha value is -3.94. The summed E-state index contributed by atoms with van der Waals surface area (Å²) in [5.41, 5.74) is 5.11. The highest BCUT2D eigenvalue weighted by atomic mass is 16.5. The molecule has 2 aromatic heterocycles. The Morgan fingerprint density at radius 3 is 2.39 bits per heavy atom. The molecule has 0 saturated carbocycles. The molecule has 0 aliphatic heterocycles. The first kappa shape index (κ1) is 21.8. The molecule has 3 N–H and O–H groups in total. The van der Waals surface area contributed by atoms with E-state index in [2.05, 4.69) is 24.9 Å². The van der Waals surface area contributed by atoms with Gasteiger partial charge in [-0.25, -0.2) is 4.79 Å². The number of amides is 2. The Balaban J connectivity index is 1.63. The van der Waals surface area contributed by atoms with Crippen molar-refractivity contribution in [2.24, 2.45) is 0 Å². The van der Waals surface area contributed by atoms with Crippen molar-refractivity contribution >= 4 is 17.8 Å². The van der Waals surface area contributed by atoms with Gasteiger partial charge in [-0.2, -0.15) is 0 Å². The number of alkyl carbamates (subject to hydrolysis) is 1. The lowest BCUT2D eigenvalue weighted by atomic mass is 10.1. The molecule has 0 unspecified atom stereocenters. The number of ether oxygens (including phenoxy) is 1. The number of benzene rings is 1. The first-order valence-corrected chi connectivity index (χ1v) is 9.75. The molecule has 0 spiro atoms. The number of amidine groups is 1. The van der Waals surface area contributed by atoms with Crippen molar-refractivity contribution in [3.8, 4) is 0 Å². The molecule has 2 heterocycles. The van der Waals surface area contributed by atoms with E-state index in [-0.39, 0.29) is 11.7 Å². The van der Waals surface area contributed by atoms with Crippen molar-refractivity contribution in [3.63, 3.8) is 0 Å². The van der Waals surface area contributed by atoms with Gasteiger partial charge in [-0.05, 0) is 43.2 Å². The molecule has 2 amide bonds. The third-order valence-electron chi connectivity index (χ3n) is 5.02. The summed E-state index contributed by atoms with van der Waals surface area (Å²) >= 11 is 0. The maximum atomic E-state index is 12.8. The molecule has 0 aliphatic rings. The minimum atomic E-state index is -0.692. The van der Waals surface area contributed by atoms with Crippen molar-refractivity contribution in [2.45, 2.75) is 26.9 Å². The van der Waals surface area contributed by atoms with Gasteiger partial charge in [-0.1, -0.05) is 24.3 Å². The van der Waals surface area contributed by atoms with Crippen LogP contribution < -0.4 is 10.6 Å². The van der Waals surface area contributed by atoms with Crippen LogP contribution in [-0.2, 0) is 17.8 Å². The summed E-state index contributed by atoms with van der Waals surface area (Å²) in [5.74, 6) is -0.192. The Bertz CT molecular complexity index is 1090. The number of hydrogen-bond donors (Lipinski definition) is 3. The fourth-order valence-corrected chi connectivity index (χ4v) is 3.24. The minimum Gasteiger partial charge on any atom is -0.453 e. The van der Waals surface area contributed by atoms with Gasteiger partial charge in [0, 0.05) is 42.4 Å². The van der Waals surface area contributed by atoms with Crippen LogP contribution in [0, 0.1) is 19.3 Å². The fourth-order valence-electron chi connectivity index (χ4n) is 3.24. The Morgan fingerprint density at radius 1 is 1.06 bits per heavy atom. The van der Waals surface area contributed by atoms with Crippen molar-refractivity contribution in [1.82, 2.24) is 20.2 Å². The SMILES string of the molecule is COC(=O)NC(=N)c1ccc(CNC(=O)c2cc(C)n(Cc3ccncc3)c2C)cc1. The quantitative estimate of drug-likeness (QED) is 0.421. The summed E-state index contributed by atoms with van der Waals surface area (Å²) in [4.78, 5) is 28.0. The highest BCUT2D eigenvalue weighted by Crippen LogP contribution is 2.17. The van der Waals surface area contributed by atoms with Gasteiger partial charge >= 0.3 is 6.09 Å². The summed E-state index contributed by atoms with van der Waals surface area (Å²) in [6.07, 6.45) is 2.83. The number of aromatic nitrogens is 2. The van der Waals surface area contributed by atoms with E-state index in [1.165, 1.54) is 7.11 Å². The normalized spacial score (nSPS) is 10.4. The molecule has 31 heavy (non-hydrogen) atoms. The van der Waals surface area contributed by atoms with Crippen molar-refractivity contribution in [2.75, 3.05) is 7.11 Å². The van der Waals surface area contributed by atoms with E-state index in [4.69, 9.17) is 5.41 Å². The largest absolute Gasteiger partial charge is 0.453 e. The molecule has 1 aromatic carbocycles. The molecule has 0 fully saturated rings. The number of carbonyl (C=O) groups is 2. The zero-order valence-electron chi connectivity index (χ0n) is 17.7. The second-order valence-electron chi connectivity index (χ2n) is 7.10. The van der Waals surface area contributed by atoms with Crippen LogP contribution >= 0.6 is 0 Å². The summed E-state index contributed by atoms with van der Waals surface area (Å²) in [6.45, 7) is 4.96. The van der Waals surface area contributed by atoms with E-state index < -0.39 is 6.09 Å². The minimum absolute atomic E-state index is 0.0518. The van der Waals surface area contributed by atoms with Crippen LogP contribution in [0.1, 0.15) is 38.4 Å². The number of carbonyl (C=O) groups excluding carboxylic acids is 2. The molecule has 0 saturated heterocycles. The third kappa shape index (κ3) is 5.36. The lowest BCUT2D eigenvalue weighted by Crippen LogP contribution is -2.30. The highest BCUT2D eigenvalue weighted by Gasteiger charge is 2.16. The Kier molecular flexibility index (Phi) is 6.81. The number of nitrogens with zero attached hydrogens (tertiary/aromatic N) is 2. The van der Waals surface area contributed by atoms with Gasteiger partial charge in [0.05, 0.1) is 12.7 Å². The zero-order valence-corrected chi connectivity index (χ0v) is 17.7. The lowest BCUT2D eigenvalue weighted by molar-refractivity contribution is 0.0950. The van der Waals surface area contributed by atoms with Crippen LogP contribution in [0.3, 0.4) is 0 Å². The molecular weight excluding hydrogens is 394 g/mol. The zero-order chi connectivity index (χ0) is 22.4. The first-order valence-electron chi connectivity index (χ1n) is 9.75. The van der Waals surface area contributed by atoms with Gasteiger partial charge in [0.1, 0.15) is 5.84 Å². The average Bonchev–Trinajstić information content (AvgIpc) is 3.06. The second kappa shape index (κ2) is 9.71. The van der Waals surface area contributed by atoms with Crippen LogP contribution in [-0.4, -0.2) is 34.5 Å². The third-order valence-corrected chi connectivity index (χ3v) is 5.02. The number of nitrogens with one attached hydrogen (secondary N) is 3. The van der Waals surface area contributed by atoms with Gasteiger partial charge in [-0.3, -0.25) is 20.5 Å². The average molecular weight is 419 g/mol. The standard InChI is InChI=1S/C23H25N5O3/c1-15-12-20(16(2)28(15)14-18-8-10-25-11-9-18)22(29)26-13-17-4-6-19(7-5-17)21(24)27-23(30)31-3/h4-12H,13-14H2,1-3H3,(H,26,29)(H2,24,27,30). The van der Waals surface area contributed by atoms with Gasteiger partial charge < -0.3 is 14.6 Å². The van der Waals surface area contributed by atoms with Gasteiger partial charge in [0.2, 0.25) is 0 Å². The van der Waals surface area contributed by atoms with Crippen LogP contribution in [0.15, 0.2) is 54.9 Å². The molecular formula is C23H25N5O3. The monoisotopic (exact) mass is 419 g/mol. The maximum Gasteiger partial charge on any atom is 0.412 e. The van der Waals surface area contributed by atoms with E-state index in [0.29, 0.717) is 24.2 Å². The van der Waals surface area contributed by atoms with Crippen LogP contribution in [0.2, 0.25) is 0 Å². The highest BCUT2D eigenvalue weighted by molar-refractivity contribution is 6.04.